The second kappa shape index (κ2) is 8.15. The lowest BCUT2D eigenvalue weighted by Gasteiger charge is -2.36. The molecule has 2 rings (SSSR count). The molecule has 1 aliphatic rings. The third kappa shape index (κ3) is 5.07. The zero-order valence-corrected chi connectivity index (χ0v) is 16.1. The van der Waals surface area contributed by atoms with Crippen molar-refractivity contribution in [3.8, 4) is 0 Å². The second-order valence-electron chi connectivity index (χ2n) is 7.89. The molecular weight excluding hydrogens is 300 g/mol. The van der Waals surface area contributed by atoms with Crippen LogP contribution in [0.3, 0.4) is 0 Å². The smallest absolute Gasteiger partial charge is 0.245 e. The van der Waals surface area contributed by atoms with Crippen LogP contribution in [0.1, 0.15) is 70.3 Å². The van der Waals surface area contributed by atoms with Crippen LogP contribution >= 0.6 is 0 Å². The van der Waals surface area contributed by atoms with Crippen LogP contribution in [0.25, 0.3) is 0 Å². The van der Waals surface area contributed by atoms with Gasteiger partial charge in [-0.15, -0.1) is 0 Å². The van der Waals surface area contributed by atoms with Gasteiger partial charge in [-0.3, -0.25) is 9.48 Å². The van der Waals surface area contributed by atoms with Gasteiger partial charge >= 0.3 is 0 Å². The van der Waals surface area contributed by atoms with Crippen LogP contribution in [0.15, 0.2) is 6.07 Å². The molecule has 136 valence electrons. The average molecular weight is 335 g/mol. The van der Waals surface area contributed by atoms with Gasteiger partial charge in [-0.1, -0.05) is 19.8 Å². The first kappa shape index (κ1) is 19.0. The van der Waals surface area contributed by atoms with Crippen molar-refractivity contribution in [2.45, 2.75) is 78.3 Å². The van der Waals surface area contributed by atoms with Gasteiger partial charge in [0.15, 0.2) is 0 Å². The number of carbonyl (C=O) groups is 1. The van der Waals surface area contributed by atoms with Crippen LogP contribution < -0.4 is 5.32 Å². The van der Waals surface area contributed by atoms with Crippen LogP contribution in [0.5, 0.6) is 0 Å². The zero-order valence-electron chi connectivity index (χ0n) is 16.1. The van der Waals surface area contributed by atoms with Gasteiger partial charge in [0.05, 0.1) is 5.69 Å². The molecule has 0 aliphatic carbocycles. The number of nitrogens with one attached hydrogen (secondary N) is 1. The van der Waals surface area contributed by atoms with E-state index in [9.17, 15) is 4.79 Å². The molecule has 5 nitrogen and oxygen atoms in total. The number of rotatable bonds is 7. The van der Waals surface area contributed by atoms with Crippen molar-refractivity contribution in [1.29, 1.82) is 0 Å². The molecule has 5 heteroatoms. The van der Waals surface area contributed by atoms with Gasteiger partial charge in [0.2, 0.25) is 5.91 Å². The van der Waals surface area contributed by atoms with E-state index in [1.165, 1.54) is 19.3 Å². The third-order valence-corrected chi connectivity index (χ3v) is 4.73. The Balaban J connectivity index is 2.04. The van der Waals surface area contributed by atoms with Crippen LogP contribution in [-0.2, 0) is 4.79 Å². The average Bonchev–Trinajstić information content (AvgIpc) is 2.83. The molecule has 1 aliphatic heterocycles. The summed E-state index contributed by atoms with van der Waals surface area (Å²) >= 11 is 0. The summed E-state index contributed by atoms with van der Waals surface area (Å²) in [7, 11) is 0. The van der Waals surface area contributed by atoms with E-state index in [0.717, 1.165) is 43.9 Å². The Labute approximate surface area is 146 Å². The lowest BCUT2D eigenvalue weighted by molar-refractivity contribution is -0.126. The van der Waals surface area contributed by atoms with Gasteiger partial charge in [-0.25, -0.2) is 0 Å². The van der Waals surface area contributed by atoms with Gasteiger partial charge in [0.1, 0.15) is 6.04 Å². The fraction of sp³-hybridized carbons (Fsp3) is 0.789. The first-order valence-electron chi connectivity index (χ1n) is 9.39. The summed E-state index contributed by atoms with van der Waals surface area (Å²) in [5.41, 5.74) is 1.79. The van der Waals surface area contributed by atoms with Crippen LogP contribution in [-0.4, -0.2) is 45.8 Å². The lowest BCUT2D eigenvalue weighted by Crippen LogP contribution is -2.54. The number of amides is 1. The van der Waals surface area contributed by atoms with E-state index in [4.69, 9.17) is 0 Å². The third-order valence-electron chi connectivity index (χ3n) is 4.73. The highest BCUT2D eigenvalue weighted by atomic mass is 16.2. The minimum absolute atomic E-state index is 0.0880. The zero-order chi connectivity index (χ0) is 17.7. The molecule has 1 N–H and O–H groups in total. The molecule has 1 atom stereocenters. The summed E-state index contributed by atoms with van der Waals surface area (Å²) in [5, 5.41) is 7.82. The largest absolute Gasteiger partial charge is 0.348 e. The first-order chi connectivity index (χ1) is 11.3. The predicted octanol–water partition coefficient (Wildman–Crippen LogP) is 3.22. The van der Waals surface area contributed by atoms with Gasteiger partial charge in [0.25, 0.3) is 0 Å². The van der Waals surface area contributed by atoms with Crippen molar-refractivity contribution >= 4 is 5.91 Å². The molecule has 0 radical (unpaired) electrons. The fourth-order valence-corrected chi connectivity index (χ4v) is 3.73. The Morgan fingerprint density at radius 2 is 1.96 bits per heavy atom. The molecule has 1 aromatic rings. The van der Waals surface area contributed by atoms with E-state index in [1.54, 1.807) is 0 Å². The maximum Gasteiger partial charge on any atom is 0.245 e. The molecule has 1 aromatic heterocycles. The van der Waals surface area contributed by atoms with E-state index in [0.29, 0.717) is 0 Å². The van der Waals surface area contributed by atoms with Crippen LogP contribution in [0.4, 0.5) is 0 Å². The Hall–Kier alpha value is -1.36. The fourth-order valence-electron chi connectivity index (χ4n) is 3.73. The Morgan fingerprint density at radius 1 is 1.29 bits per heavy atom. The van der Waals surface area contributed by atoms with Crippen LogP contribution in [0.2, 0.25) is 0 Å². The second-order valence-corrected chi connectivity index (χ2v) is 7.89. The molecule has 0 unspecified atom stereocenters. The normalized spacial score (nSPS) is 17.7. The van der Waals surface area contributed by atoms with E-state index in [1.807, 2.05) is 24.6 Å². The topological polar surface area (TPSA) is 50.2 Å². The summed E-state index contributed by atoms with van der Waals surface area (Å²) < 4.78 is 1.89. The SMILES string of the molecule is CCC[C@@H](C(=O)NC(C)(C)CN1CCCCC1)n1nc(C)cc1C. The first-order valence-corrected chi connectivity index (χ1v) is 9.39. The minimum Gasteiger partial charge on any atom is -0.348 e. The lowest BCUT2D eigenvalue weighted by atomic mass is 10.0. The number of aromatic nitrogens is 2. The molecule has 2 heterocycles. The summed E-state index contributed by atoms with van der Waals surface area (Å²) in [5.74, 6) is 0.0880. The van der Waals surface area contributed by atoms with Crippen molar-refractivity contribution in [2.75, 3.05) is 19.6 Å². The number of nitrogens with zero attached hydrogens (tertiary/aromatic N) is 3. The van der Waals surface area contributed by atoms with E-state index in [2.05, 4.69) is 36.1 Å². The highest BCUT2D eigenvalue weighted by Crippen LogP contribution is 2.19. The standard InChI is InChI=1S/C19H34N4O/c1-6-10-17(23-16(3)13-15(2)21-23)18(24)20-19(4,5)14-22-11-8-7-9-12-22/h13,17H,6-12,14H2,1-5H3,(H,20,24)/t17-/m0/s1. The maximum atomic E-state index is 13.0. The number of carbonyl (C=O) groups excluding carboxylic acids is 1. The molecule has 0 aromatic carbocycles. The number of piperidine rings is 1. The van der Waals surface area contributed by atoms with Crippen molar-refractivity contribution in [2.24, 2.45) is 0 Å². The van der Waals surface area contributed by atoms with Gasteiger partial charge < -0.3 is 10.2 Å². The minimum atomic E-state index is -0.226. The quantitative estimate of drug-likeness (QED) is 0.833. The monoisotopic (exact) mass is 334 g/mol. The molecule has 24 heavy (non-hydrogen) atoms. The predicted molar refractivity (Wildman–Crippen MR) is 98.2 cm³/mol. The molecule has 0 spiro atoms. The molecule has 1 saturated heterocycles. The van der Waals surface area contributed by atoms with E-state index in [-0.39, 0.29) is 17.5 Å². The van der Waals surface area contributed by atoms with Gasteiger partial charge in [-0.2, -0.15) is 5.10 Å². The van der Waals surface area contributed by atoms with Crippen molar-refractivity contribution < 1.29 is 4.79 Å². The molecular formula is C19H34N4O. The summed E-state index contributed by atoms with van der Waals surface area (Å²) in [6.07, 6.45) is 5.65. The highest BCUT2D eigenvalue weighted by Gasteiger charge is 2.29. The molecule has 1 fully saturated rings. The summed E-state index contributed by atoms with van der Waals surface area (Å²) in [6, 6.07) is 1.82. The van der Waals surface area contributed by atoms with Crippen LogP contribution in [0, 0.1) is 13.8 Å². The number of hydrogen-bond donors (Lipinski definition) is 1. The van der Waals surface area contributed by atoms with Crippen molar-refractivity contribution in [3.63, 3.8) is 0 Å². The highest BCUT2D eigenvalue weighted by molar-refractivity contribution is 5.81. The van der Waals surface area contributed by atoms with E-state index < -0.39 is 0 Å². The Kier molecular flexibility index (Phi) is 6.44. The maximum absolute atomic E-state index is 13.0. The summed E-state index contributed by atoms with van der Waals surface area (Å²) in [6.45, 7) is 13.6. The molecule has 1 amide bonds. The number of hydrogen-bond acceptors (Lipinski definition) is 3. The molecule has 0 saturated carbocycles. The Bertz CT molecular complexity index is 544. The Morgan fingerprint density at radius 3 is 2.50 bits per heavy atom. The van der Waals surface area contributed by atoms with E-state index >= 15 is 0 Å². The molecule has 0 bridgehead atoms. The van der Waals surface area contributed by atoms with Crippen molar-refractivity contribution in [3.05, 3.63) is 17.5 Å². The van der Waals surface area contributed by atoms with Gasteiger partial charge in [0, 0.05) is 17.8 Å². The number of likely N-dealkylation sites (tertiary alicyclic amines) is 1. The van der Waals surface area contributed by atoms with Gasteiger partial charge in [-0.05, 0) is 66.1 Å². The summed E-state index contributed by atoms with van der Waals surface area (Å²) in [4.78, 5) is 15.4. The van der Waals surface area contributed by atoms with Crippen molar-refractivity contribution in [1.82, 2.24) is 20.0 Å². The number of aryl methyl sites for hydroxylation is 2.